The Bertz CT molecular complexity index is 762. The van der Waals surface area contributed by atoms with Crippen molar-refractivity contribution in [2.75, 3.05) is 18.2 Å². The number of nitrogens with one attached hydrogen (secondary N) is 1. The number of thioether (sulfide) groups is 1. The molecule has 7 heteroatoms. The summed E-state index contributed by atoms with van der Waals surface area (Å²) in [7, 11) is 0. The van der Waals surface area contributed by atoms with E-state index in [4.69, 9.17) is 10.00 Å². The number of carbonyl (C=O) groups is 1. The van der Waals surface area contributed by atoms with Crippen LogP contribution in [0.2, 0.25) is 0 Å². The van der Waals surface area contributed by atoms with Gasteiger partial charge in [-0.25, -0.2) is 9.97 Å². The van der Waals surface area contributed by atoms with Crippen LogP contribution in [0.3, 0.4) is 0 Å². The molecule has 0 spiro atoms. The van der Waals surface area contributed by atoms with Crippen molar-refractivity contribution in [1.82, 2.24) is 9.97 Å². The first-order valence-corrected chi connectivity index (χ1v) is 9.03. The van der Waals surface area contributed by atoms with Gasteiger partial charge in [-0.15, -0.1) is 0 Å². The van der Waals surface area contributed by atoms with Crippen LogP contribution in [0, 0.1) is 25.2 Å². The highest BCUT2D eigenvalue weighted by molar-refractivity contribution is 7.98. The average Bonchev–Trinajstić information content (AvgIpc) is 2.60. The van der Waals surface area contributed by atoms with E-state index in [1.54, 1.807) is 24.3 Å². The minimum Gasteiger partial charge on any atom is -0.479 e. The van der Waals surface area contributed by atoms with E-state index in [2.05, 4.69) is 15.3 Å². The van der Waals surface area contributed by atoms with Gasteiger partial charge in [-0.3, -0.25) is 4.79 Å². The van der Waals surface area contributed by atoms with Crippen LogP contribution in [0.5, 0.6) is 5.75 Å². The Morgan fingerprint density at radius 1 is 1.24 bits per heavy atom. The molecule has 1 N–H and O–H groups in total. The topological polar surface area (TPSA) is 87.9 Å². The van der Waals surface area contributed by atoms with Crippen molar-refractivity contribution in [3.05, 3.63) is 41.2 Å². The molecule has 0 atom stereocenters. The number of hydrogen-bond donors (Lipinski definition) is 1. The third-order valence-electron chi connectivity index (χ3n) is 3.63. The smallest absolute Gasteiger partial charge is 0.224 e. The summed E-state index contributed by atoms with van der Waals surface area (Å²) in [6.45, 7) is 3.89. The van der Waals surface area contributed by atoms with E-state index in [9.17, 15) is 4.79 Å². The molecule has 0 bridgehead atoms. The Labute approximate surface area is 151 Å². The van der Waals surface area contributed by atoms with E-state index in [-0.39, 0.29) is 12.5 Å². The first-order chi connectivity index (χ1) is 12.0. The van der Waals surface area contributed by atoms with Gasteiger partial charge in [0.25, 0.3) is 0 Å². The second-order valence-electron chi connectivity index (χ2n) is 5.38. The lowest BCUT2D eigenvalue weighted by molar-refractivity contribution is -0.116. The lowest BCUT2D eigenvalue weighted by Gasteiger charge is -2.10. The number of rotatable bonds is 7. The zero-order valence-electron chi connectivity index (χ0n) is 14.5. The number of aromatic nitrogens is 2. The fourth-order valence-electron chi connectivity index (χ4n) is 2.37. The maximum Gasteiger partial charge on any atom is 0.224 e. The normalized spacial score (nSPS) is 10.2. The molecule has 1 aromatic carbocycles. The molecule has 0 aliphatic rings. The summed E-state index contributed by atoms with van der Waals surface area (Å²) in [4.78, 5) is 21.0. The Balaban J connectivity index is 1.92. The van der Waals surface area contributed by atoms with E-state index in [0.717, 1.165) is 22.1 Å². The van der Waals surface area contributed by atoms with Crippen molar-refractivity contribution in [1.29, 1.82) is 5.26 Å². The van der Waals surface area contributed by atoms with E-state index in [1.165, 1.54) is 11.8 Å². The van der Waals surface area contributed by atoms with E-state index in [0.29, 0.717) is 24.3 Å². The molecule has 0 saturated heterocycles. The predicted molar refractivity (Wildman–Crippen MR) is 97.8 cm³/mol. The number of benzene rings is 1. The summed E-state index contributed by atoms with van der Waals surface area (Å²) in [5.41, 5.74) is 3.55. The first kappa shape index (κ1) is 18.7. The molecule has 1 aromatic heterocycles. The molecule has 0 radical (unpaired) electrons. The molecule has 1 heterocycles. The first-order valence-electron chi connectivity index (χ1n) is 7.81. The maximum absolute atomic E-state index is 12.2. The van der Waals surface area contributed by atoms with Crippen LogP contribution in [-0.4, -0.2) is 28.7 Å². The number of nitriles is 1. The van der Waals surface area contributed by atoms with Crippen LogP contribution >= 0.6 is 11.8 Å². The van der Waals surface area contributed by atoms with Gasteiger partial charge in [0.15, 0.2) is 11.8 Å². The second-order valence-corrected chi connectivity index (χ2v) is 6.15. The van der Waals surface area contributed by atoms with Crippen LogP contribution in [0.4, 0.5) is 5.69 Å². The molecule has 1 amide bonds. The fourth-order valence-corrected chi connectivity index (χ4v) is 2.83. The second kappa shape index (κ2) is 9.04. The minimum absolute atomic E-state index is 0.00179. The van der Waals surface area contributed by atoms with E-state index >= 15 is 0 Å². The maximum atomic E-state index is 12.2. The minimum atomic E-state index is -0.0709. The van der Waals surface area contributed by atoms with Crippen molar-refractivity contribution in [3.63, 3.8) is 0 Å². The fraction of sp³-hybridized carbons (Fsp3) is 0.333. The lowest BCUT2D eigenvalue weighted by Crippen LogP contribution is -2.13. The van der Waals surface area contributed by atoms with E-state index < -0.39 is 0 Å². The largest absolute Gasteiger partial charge is 0.479 e. The van der Waals surface area contributed by atoms with Crippen molar-refractivity contribution in [2.45, 2.75) is 31.8 Å². The van der Waals surface area contributed by atoms with Crippen molar-refractivity contribution < 1.29 is 9.53 Å². The lowest BCUT2D eigenvalue weighted by atomic mass is 10.1. The summed E-state index contributed by atoms with van der Waals surface area (Å²) < 4.78 is 5.18. The summed E-state index contributed by atoms with van der Waals surface area (Å²) in [5, 5.41) is 12.1. The number of hydrogen-bond acceptors (Lipinski definition) is 6. The Kier molecular flexibility index (Phi) is 6.78. The number of nitrogens with zero attached hydrogens (tertiary/aromatic N) is 3. The van der Waals surface area contributed by atoms with Crippen LogP contribution in [0.1, 0.15) is 23.4 Å². The molecule has 2 aromatic rings. The molecular formula is C18H20N4O2S. The molecule has 130 valence electrons. The number of anilines is 1. The zero-order valence-corrected chi connectivity index (χ0v) is 15.3. The summed E-state index contributed by atoms with van der Waals surface area (Å²) in [6, 6.07) is 8.84. The van der Waals surface area contributed by atoms with Crippen LogP contribution in [-0.2, 0) is 11.2 Å². The Morgan fingerprint density at radius 2 is 1.88 bits per heavy atom. The van der Waals surface area contributed by atoms with Crippen molar-refractivity contribution >= 4 is 23.4 Å². The molecule has 0 fully saturated rings. The van der Waals surface area contributed by atoms with Gasteiger partial charge in [0.05, 0.1) is 0 Å². The molecule has 0 unspecified atom stereocenters. The Morgan fingerprint density at radius 3 is 2.44 bits per heavy atom. The van der Waals surface area contributed by atoms with E-state index in [1.807, 2.05) is 26.2 Å². The zero-order chi connectivity index (χ0) is 18.2. The molecule has 0 aliphatic heterocycles. The quantitative estimate of drug-likeness (QED) is 0.605. The average molecular weight is 356 g/mol. The summed E-state index contributed by atoms with van der Waals surface area (Å²) >= 11 is 1.51. The summed E-state index contributed by atoms with van der Waals surface area (Å²) in [6.07, 6.45) is 2.90. The van der Waals surface area contributed by atoms with Gasteiger partial charge in [0.2, 0.25) is 5.91 Å². The number of aryl methyl sites for hydroxylation is 2. The van der Waals surface area contributed by atoms with Gasteiger partial charge in [-0.2, -0.15) is 5.26 Å². The van der Waals surface area contributed by atoms with Crippen LogP contribution in [0.15, 0.2) is 29.4 Å². The third-order valence-corrected chi connectivity index (χ3v) is 4.17. The SMILES string of the molecule is CSc1nc(C)c(CCC(=O)Nc2ccc(OCC#N)cc2)c(C)n1. The summed E-state index contributed by atoms with van der Waals surface area (Å²) in [5.74, 6) is 0.523. The molecule has 6 nitrogen and oxygen atoms in total. The van der Waals surface area contributed by atoms with Gasteiger partial charge in [-0.1, -0.05) is 11.8 Å². The third kappa shape index (κ3) is 5.47. The highest BCUT2D eigenvalue weighted by Crippen LogP contribution is 2.18. The molecule has 25 heavy (non-hydrogen) atoms. The monoisotopic (exact) mass is 356 g/mol. The van der Waals surface area contributed by atoms with Gasteiger partial charge in [-0.05, 0) is 56.4 Å². The van der Waals surface area contributed by atoms with Crippen LogP contribution < -0.4 is 10.1 Å². The number of amides is 1. The number of ether oxygens (including phenoxy) is 1. The Hall–Kier alpha value is -2.59. The van der Waals surface area contributed by atoms with Gasteiger partial charge in [0.1, 0.15) is 11.8 Å². The highest BCUT2D eigenvalue weighted by atomic mass is 32.2. The van der Waals surface area contributed by atoms with Crippen molar-refractivity contribution in [2.24, 2.45) is 0 Å². The molecular weight excluding hydrogens is 336 g/mol. The van der Waals surface area contributed by atoms with Gasteiger partial charge in [0, 0.05) is 23.5 Å². The van der Waals surface area contributed by atoms with Gasteiger partial charge >= 0.3 is 0 Å². The molecule has 2 rings (SSSR count). The van der Waals surface area contributed by atoms with Crippen LogP contribution in [0.25, 0.3) is 0 Å². The van der Waals surface area contributed by atoms with Crippen molar-refractivity contribution in [3.8, 4) is 11.8 Å². The highest BCUT2D eigenvalue weighted by Gasteiger charge is 2.11. The predicted octanol–water partition coefficient (Wildman–Crippen LogP) is 3.29. The standard InChI is InChI=1S/C18H20N4O2S/c1-12-16(13(2)21-18(20-12)25-3)8-9-17(23)22-14-4-6-15(7-5-14)24-11-10-19/h4-7H,8-9,11H2,1-3H3,(H,22,23). The molecule has 0 aliphatic carbocycles. The number of carbonyl (C=O) groups excluding carboxylic acids is 1. The van der Waals surface area contributed by atoms with Gasteiger partial charge < -0.3 is 10.1 Å². The molecule has 0 saturated carbocycles.